The lowest BCUT2D eigenvalue weighted by Crippen LogP contribution is -2.13. The predicted octanol–water partition coefficient (Wildman–Crippen LogP) is 1.55. The summed E-state index contributed by atoms with van der Waals surface area (Å²) in [6, 6.07) is 3.25. The molecule has 0 spiro atoms. The van der Waals surface area contributed by atoms with Gasteiger partial charge in [-0.1, -0.05) is 0 Å². The van der Waals surface area contributed by atoms with E-state index < -0.39 is 17.5 Å². The summed E-state index contributed by atoms with van der Waals surface area (Å²) in [4.78, 5) is 10.7. The van der Waals surface area contributed by atoms with Crippen molar-refractivity contribution < 1.29 is 13.6 Å². The maximum atomic E-state index is 13.2. The molecule has 2 unspecified atom stereocenters. The molecule has 2 N–H and O–H groups in total. The molecule has 2 nitrogen and oxygen atoms in total. The van der Waals surface area contributed by atoms with Gasteiger partial charge in [0.15, 0.2) is 0 Å². The number of hydrogen-bond donors (Lipinski definition) is 1. The van der Waals surface area contributed by atoms with E-state index in [2.05, 4.69) is 0 Å². The highest BCUT2D eigenvalue weighted by Gasteiger charge is 2.44. The van der Waals surface area contributed by atoms with Crippen LogP contribution in [0.5, 0.6) is 0 Å². The molecular formula is C10H9F2NO. The Hall–Kier alpha value is -1.45. The van der Waals surface area contributed by atoms with Gasteiger partial charge >= 0.3 is 0 Å². The lowest BCUT2D eigenvalue weighted by Gasteiger charge is -2.00. The number of benzene rings is 1. The van der Waals surface area contributed by atoms with Crippen molar-refractivity contribution in [2.24, 2.45) is 11.7 Å². The Morgan fingerprint density at radius 1 is 1.43 bits per heavy atom. The van der Waals surface area contributed by atoms with Crippen LogP contribution in [-0.4, -0.2) is 5.91 Å². The fraction of sp³-hybridized carbons (Fsp3) is 0.300. The van der Waals surface area contributed by atoms with Gasteiger partial charge in [-0.25, -0.2) is 8.78 Å². The molecule has 1 aliphatic rings. The fourth-order valence-corrected chi connectivity index (χ4v) is 1.65. The summed E-state index contributed by atoms with van der Waals surface area (Å²) in [6.45, 7) is 0. The van der Waals surface area contributed by atoms with Crippen LogP contribution in [-0.2, 0) is 4.79 Å². The van der Waals surface area contributed by atoms with E-state index in [9.17, 15) is 13.6 Å². The van der Waals surface area contributed by atoms with Crippen LogP contribution in [0, 0.1) is 17.6 Å². The molecule has 1 aliphatic carbocycles. The van der Waals surface area contributed by atoms with Gasteiger partial charge in [0.25, 0.3) is 0 Å². The summed E-state index contributed by atoms with van der Waals surface area (Å²) >= 11 is 0. The van der Waals surface area contributed by atoms with E-state index in [0.717, 1.165) is 18.2 Å². The molecule has 1 aromatic rings. The van der Waals surface area contributed by atoms with E-state index in [4.69, 9.17) is 5.73 Å². The third kappa shape index (κ3) is 1.47. The molecular weight excluding hydrogens is 188 g/mol. The summed E-state index contributed by atoms with van der Waals surface area (Å²) in [6.07, 6.45) is 0.524. The van der Waals surface area contributed by atoms with Gasteiger partial charge in [-0.15, -0.1) is 0 Å². The molecule has 0 heterocycles. The minimum absolute atomic E-state index is 0.233. The normalized spacial score (nSPS) is 24.7. The molecule has 2 atom stereocenters. The summed E-state index contributed by atoms with van der Waals surface area (Å²) in [5.41, 5.74) is 5.32. The fourth-order valence-electron chi connectivity index (χ4n) is 1.65. The topological polar surface area (TPSA) is 43.1 Å². The van der Waals surface area contributed by atoms with Crippen LogP contribution >= 0.6 is 0 Å². The number of rotatable bonds is 2. The molecule has 1 aromatic carbocycles. The first-order chi connectivity index (χ1) is 6.59. The zero-order valence-corrected chi connectivity index (χ0v) is 7.34. The largest absolute Gasteiger partial charge is 0.369 e. The average Bonchev–Trinajstić information content (AvgIpc) is 2.88. The van der Waals surface area contributed by atoms with E-state index in [1.807, 2.05) is 0 Å². The average molecular weight is 197 g/mol. The molecule has 14 heavy (non-hydrogen) atoms. The van der Waals surface area contributed by atoms with E-state index in [1.165, 1.54) is 0 Å². The molecule has 1 fully saturated rings. The molecule has 1 amide bonds. The van der Waals surface area contributed by atoms with Gasteiger partial charge in [-0.3, -0.25) is 4.79 Å². The van der Waals surface area contributed by atoms with Crippen molar-refractivity contribution in [3.63, 3.8) is 0 Å². The Bertz CT molecular complexity index is 392. The van der Waals surface area contributed by atoms with Gasteiger partial charge in [0, 0.05) is 5.92 Å². The monoisotopic (exact) mass is 197 g/mol. The van der Waals surface area contributed by atoms with Crippen molar-refractivity contribution in [3.05, 3.63) is 35.4 Å². The van der Waals surface area contributed by atoms with E-state index >= 15 is 0 Å². The Kier molecular flexibility index (Phi) is 1.98. The highest BCUT2D eigenvalue weighted by atomic mass is 19.1. The lowest BCUT2D eigenvalue weighted by molar-refractivity contribution is -0.119. The van der Waals surface area contributed by atoms with Gasteiger partial charge in [0.2, 0.25) is 5.91 Å². The number of halogens is 2. The minimum Gasteiger partial charge on any atom is -0.369 e. The number of primary amides is 1. The zero-order valence-electron chi connectivity index (χ0n) is 7.34. The molecule has 0 bridgehead atoms. The number of carbonyl (C=O) groups excluding carboxylic acids is 1. The second-order valence-electron chi connectivity index (χ2n) is 3.52. The zero-order chi connectivity index (χ0) is 10.3. The first-order valence-electron chi connectivity index (χ1n) is 4.34. The highest BCUT2D eigenvalue weighted by molar-refractivity contribution is 5.81. The van der Waals surface area contributed by atoms with Gasteiger partial charge in [0.05, 0.1) is 0 Å². The Balaban J connectivity index is 2.26. The van der Waals surface area contributed by atoms with E-state index in [1.54, 1.807) is 0 Å². The Labute approximate surface area is 79.7 Å². The third-order valence-electron chi connectivity index (χ3n) is 2.51. The van der Waals surface area contributed by atoms with Crippen molar-refractivity contribution in [1.29, 1.82) is 0 Å². The summed E-state index contributed by atoms with van der Waals surface area (Å²) < 4.78 is 26.0. The lowest BCUT2D eigenvalue weighted by atomic mass is 10.1. The van der Waals surface area contributed by atoms with E-state index in [-0.39, 0.29) is 17.4 Å². The number of hydrogen-bond acceptors (Lipinski definition) is 1. The van der Waals surface area contributed by atoms with Crippen LogP contribution in [0.4, 0.5) is 8.78 Å². The number of carbonyl (C=O) groups is 1. The first-order valence-corrected chi connectivity index (χ1v) is 4.34. The minimum atomic E-state index is -0.489. The first kappa shape index (κ1) is 9.12. The van der Waals surface area contributed by atoms with Gasteiger partial charge in [0.1, 0.15) is 11.6 Å². The van der Waals surface area contributed by atoms with Crippen LogP contribution in [0.2, 0.25) is 0 Å². The molecule has 0 saturated heterocycles. The third-order valence-corrected chi connectivity index (χ3v) is 2.51. The molecule has 2 rings (SSSR count). The van der Waals surface area contributed by atoms with E-state index in [0.29, 0.717) is 6.42 Å². The number of amides is 1. The SMILES string of the molecule is NC(=O)C1CC1c1cc(F)ccc1F. The van der Waals surface area contributed by atoms with Crippen LogP contribution in [0.15, 0.2) is 18.2 Å². The molecule has 0 aromatic heterocycles. The molecule has 0 aliphatic heterocycles. The van der Waals surface area contributed by atoms with Crippen molar-refractivity contribution >= 4 is 5.91 Å². The van der Waals surface area contributed by atoms with Crippen LogP contribution < -0.4 is 5.73 Å². The van der Waals surface area contributed by atoms with Crippen molar-refractivity contribution in [2.45, 2.75) is 12.3 Å². The predicted molar refractivity (Wildman–Crippen MR) is 46.4 cm³/mol. The second-order valence-corrected chi connectivity index (χ2v) is 3.52. The van der Waals surface area contributed by atoms with Gasteiger partial charge < -0.3 is 5.73 Å². The van der Waals surface area contributed by atoms with Gasteiger partial charge in [-0.05, 0) is 36.1 Å². The summed E-state index contributed by atoms with van der Waals surface area (Å²) in [7, 11) is 0. The highest BCUT2D eigenvalue weighted by Crippen LogP contribution is 2.48. The molecule has 74 valence electrons. The molecule has 4 heteroatoms. The van der Waals surface area contributed by atoms with Crippen molar-refractivity contribution in [1.82, 2.24) is 0 Å². The van der Waals surface area contributed by atoms with Crippen LogP contribution in [0.3, 0.4) is 0 Å². The molecule has 0 radical (unpaired) electrons. The Morgan fingerprint density at radius 2 is 2.14 bits per heavy atom. The summed E-state index contributed by atoms with van der Waals surface area (Å²) in [5.74, 6) is -1.97. The summed E-state index contributed by atoms with van der Waals surface area (Å²) in [5, 5.41) is 0. The number of nitrogens with two attached hydrogens (primary N) is 1. The standard InChI is InChI=1S/C10H9F2NO/c11-5-1-2-9(12)7(3-5)6-4-8(6)10(13)14/h1-3,6,8H,4H2,(H2,13,14). The van der Waals surface area contributed by atoms with Gasteiger partial charge in [-0.2, -0.15) is 0 Å². The smallest absolute Gasteiger partial charge is 0.221 e. The molecule has 1 saturated carbocycles. The maximum absolute atomic E-state index is 13.2. The maximum Gasteiger partial charge on any atom is 0.221 e. The Morgan fingerprint density at radius 3 is 2.71 bits per heavy atom. The van der Waals surface area contributed by atoms with Crippen molar-refractivity contribution in [3.8, 4) is 0 Å². The van der Waals surface area contributed by atoms with Crippen LogP contribution in [0.1, 0.15) is 17.9 Å². The van der Waals surface area contributed by atoms with Crippen molar-refractivity contribution in [2.75, 3.05) is 0 Å². The quantitative estimate of drug-likeness (QED) is 0.768. The van der Waals surface area contributed by atoms with Crippen LogP contribution in [0.25, 0.3) is 0 Å². The second kappa shape index (κ2) is 3.04.